The summed E-state index contributed by atoms with van der Waals surface area (Å²) < 4.78 is 13.8. The molecule has 0 bridgehead atoms. The lowest BCUT2D eigenvalue weighted by molar-refractivity contribution is 0.283. The molecule has 0 unspecified atom stereocenters. The van der Waals surface area contributed by atoms with Gasteiger partial charge < -0.3 is 5.11 Å². The van der Waals surface area contributed by atoms with E-state index in [-0.39, 0.29) is 12.4 Å². The maximum atomic E-state index is 13.2. The van der Waals surface area contributed by atoms with Crippen molar-refractivity contribution in [3.63, 3.8) is 0 Å². The standard InChI is InChI=1S/C11H19FOS2/c12-10(4-1-2-7-13)5-6-11-14-8-3-9-15-11/h5,11,13H,1-4,6-9H2. The van der Waals surface area contributed by atoms with Gasteiger partial charge in [-0.1, -0.05) is 6.08 Å². The van der Waals surface area contributed by atoms with Gasteiger partial charge in [-0.2, -0.15) is 0 Å². The molecule has 1 nitrogen and oxygen atoms in total. The van der Waals surface area contributed by atoms with Gasteiger partial charge in [-0.3, -0.25) is 0 Å². The highest BCUT2D eigenvalue weighted by Gasteiger charge is 2.12. The van der Waals surface area contributed by atoms with E-state index in [0.29, 0.717) is 17.4 Å². The summed E-state index contributed by atoms with van der Waals surface area (Å²) in [5.41, 5.74) is 0. The van der Waals surface area contributed by atoms with Gasteiger partial charge in [-0.25, -0.2) is 4.39 Å². The first-order valence-corrected chi connectivity index (χ1v) is 7.61. The summed E-state index contributed by atoms with van der Waals surface area (Å²) in [6.45, 7) is 0.168. The molecular formula is C11H19FOS2. The fraction of sp³-hybridized carbons (Fsp3) is 0.818. The van der Waals surface area contributed by atoms with Crippen LogP contribution in [0.3, 0.4) is 0 Å². The van der Waals surface area contributed by atoms with Crippen LogP contribution in [0.25, 0.3) is 0 Å². The van der Waals surface area contributed by atoms with Crippen LogP contribution < -0.4 is 0 Å². The molecule has 1 aliphatic heterocycles. The van der Waals surface area contributed by atoms with E-state index in [2.05, 4.69) is 0 Å². The molecule has 1 rings (SSSR count). The number of unbranched alkanes of at least 4 members (excludes halogenated alkanes) is 1. The quantitative estimate of drug-likeness (QED) is 0.728. The number of allylic oxidation sites excluding steroid dienone is 2. The molecule has 1 aliphatic rings. The van der Waals surface area contributed by atoms with Crippen LogP contribution in [0.1, 0.15) is 32.1 Å². The van der Waals surface area contributed by atoms with Gasteiger partial charge in [0.1, 0.15) is 0 Å². The second-order valence-electron chi connectivity index (χ2n) is 3.59. The second-order valence-corrected chi connectivity index (χ2v) is 6.51. The molecule has 1 fully saturated rings. The van der Waals surface area contributed by atoms with E-state index in [1.165, 1.54) is 17.9 Å². The molecule has 1 saturated heterocycles. The Morgan fingerprint density at radius 2 is 2.07 bits per heavy atom. The Balaban J connectivity index is 2.11. The largest absolute Gasteiger partial charge is 0.396 e. The van der Waals surface area contributed by atoms with Crippen molar-refractivity contribution >= 4 is 23.5 Å². The highest BCUT2D eigenvalue weighted by molar-refractivity contribution is 8.17. The maximum Gasteiger partial charge on any atom is 0.0960 e. The number of hydrogen-bond acceptors (Lipinski definition) is 3. The molecule has 4 heteroatoms. The molecule has 1 heterocycles. The molecule has 88 valence electrons. The van der Waals surface area contributed by atoms with E-state index >= 15 is 0 Å². The highest BCUT2D eigenvalue weighted by atomic mass is 32.2. The van der Waals surface area contributed by atoms with Gasteiger partial charge in [0.25, 0.3) is 0 Å². The molecule has 0 radical (unpaired) electrons. The number of aliphatic hydroxyl groups excluding tert-OH is 1. The molecule has 1 N–H and O–H groups in total. The zero-order valence-corrected chi connectivity index (χ0v) is 10.6. The Labute approximate surface area is 99.9 Å². The lowest BCUT2D eigenvalue weighted by Crippen LogP contribution is -2.05. The van der Waals surface area contributed by atoms with Gasteiger partial charge in [0.15, 0.2) is 0 Å². The summed E-state index contributed by atoms with van der Waals surface area (Å²) in [5, 5.41) is 8.56. The van der Waals surface area contributed by atoms with Crippen molar-refractivity contribution in [1.82, 2.24) is 0 Å². The summed E-state index contributed by atoms with van der Waals surface area (Å²) in [4.78, 5) is 0. The second kappa shape index (κ2) is 8.48. The minimum absolute atomic E-state index is 0.00442. The monoisotopic (exact) mass is 250 g/mol. The molecule has 0 atom stereocenters. The van der Waals surface area contributed by atoms with E-state index < -0.39 is 0 Å². The molecule has 0 aliphatic carbocycles. The first-order chi connectivity index (χ1) is 7.33. The van der Waals surface area contributed by atoms with Gasteiger partial charge in [0.2, 0.25) is 0 Å². The van der Waals surface area contributed by atoms with Crippen LogP contribution in [0, 0.1) is 0 Å². The van der Waals surface area contributed by atoms with Gasteiger partial charge >= 0.3 is 0 Å². The van der Waals surface area contributed by atoms with Crippen molar-refractivity contribution in [3.05, 3.63) is 11.9 Å². The van der Waals surface area contributed by atoms with Crippen LogP contribution >= 0.6 is 23.5 Å². The topological polar surface area (TPSA) is 20.2 Å². The number of hydrogen-bond donors (Lipinski definition) is 1. The van der Waals surface area contributed by atoms with E-state index in [1.54, 1.807) is 6.08 Å². The summed E-state index contributed by atoms with van der Waals surface area (Å²) in [6.07, 6.45) is 5.81. The van der Waals surface area contributed by atoms with E-state index in [9.17, 15) is 4.39 Å². The molecule has 0 amide bonds. The zero-order chi connectivity index (χ0) is 10.9. The summed E-state index contributed by atoms with van der Waals surface area (Å²) in [7, 11) is 0. The molecular weight excluding hydrogens is 231 g/mol. The smallest absolute Gasteiger partial charge is 0.0960 e. The van der Waals surface area contributed by atoms with Gasteiger partial charge in [0, 0.05) is 6.61 Å². The van der Waals surface area contributed by atoms with E-state index in [1.807, 2.05) is 23.5 Å². The Morgan fingerprint density at radius 3 is 2.73 bits per heavy atom. The number of thioether (sulfide) groups is 2. The third kappa shape index (κ3) is 6.48. The van der Waals surface area contributed by atoms with Crippen molar-refractivity contribution < 1.29 is 9.50 Å². The first-order valence-electron chi connectivity index (χ1n) is 5.51. The minimum Gasteiger partial charge on any atom is -0.396 e. The summed E-state index contributed by atoms with van der Waals surface area (Å²) >= 11 is 3.89. The first kappa shape index (κ1) is 13.4. The van der Waals surface area contributed by atoms with Gasteiger partial charge in [-0.15, -0.1) is 23.5 Å². The third-order valence-corrected chi connectivity index (χ3v) is 5.25. The molecule has 0 aromatic rings. The summed E-state index contributed by atoms with van der Waals surface area (Å²) in [5.74, 6) is 2.44. The Kier molecular flexibility index (Phi) is 7.57. The number of rotatable bonds is 6. The van der Waals surface area contributed by atoms with E-state index in [4.69, 9.17) is 5.11 Å². The van der Waals surface area contributed by atoms with Crippen molar-refractivity contribution in [3.8, 4) is 0 Å². The average molecular weight is 250 g/mol. The van der Waals surface area contributed by atoms with Crippen molar-refractivity contribution in [2.75, 3.05) is 18.1 Å². The molecule has 0 saturated carbocycles. The Bertz CT molecular complexity index is 191. The van der Waals surface area contributed by atoms with Gasteiger partial charge in [-0.05, 0) is 43.6 Å². The van der Waals surface area contributed by atoms with Crippen LogP contribution in [0.15, 0.2) is 11.9 Å². The highest BCUT2D eigenvalue weighted by Crippen LogP contribution is 2.33. The van der Waals surface area contributed by atoms with Gasteiger partial charge in [0.05, 0.1) is 10.4 Å². The zero-order valence-electron chi connectivity index (χ0n) is 8.95. The Hall–Kier alpha value is 0.330. The number of aliphatic hydroxyl groups is 1. The SMILES string of the molecule is OCCCCC(F)=CCC1SCCCS1. The van der Waals surface area contributed by atoms with Crippen LogP contribution in [-0.2, 0) is 0 Å². The van der Waals surface area contributed by atoms with Crippen molar-refractivity contribution in [2.24, 2.45) is 0 Å². The average Bonchev–Trinajstić information content (AvgIpc) is 2.28. The lowest BCUT2D eigenvalue weighted by atomic mass is 10.2. The molecule has 0 aromatic heterocycles. The summed E-state index contributed by atoms with van der Waals surface area (Å²) in [6, 6.07) is 0. The van der Waals surface area contributed by atoms with Crippen LogP contribution in [0.5, 0.6) is 0 Å². The number of halogens is 1. The van der Waals surface area contributed by atoms with Crippen LogP contribution in [-0.4, -0.2) is 27.8 Å². The fourth-order valence-electron chi connectivity index (χ4n) is 1.40. The maximum absolute atomic E-state index is 13.2. The predicted molar refractivity (Wildman–Crippen MR) is 68.1 cm³/mol. The minimum atomic E-state index is -0.00442. The molecule has 0 aromatic carbocycles. The fourth-order valence-corrected chi connectivity index (χ4v) is 4.16. The van der Waals surface area contributed by atoms with Crippen LogP contribution in [0.4, 0.5) is 4.39 Å². The van der Waals surface area contributed by atoms with E-state index in [0.717, 1.165) is 12.8 Å². The molecule has 15 heavy (non-hydrogen) atoms. The normalized spacial score (nSPS) is 19.5. The lowest BCUT2D eigenvalue weighted by Gasteiger charge is -2.19. The molecule has 0 spiro atoms. The Morgan fingerprint density at radius 1 is 1.33 bits per heavy atom. The van der Waals surface area contributed by atoms with Crippen molar-refractivity contribution in [2.45, 2.75) is 36.7 Å². The predicted octanol–water partition coefficient (Wildman–Crippen LogP) is 3.59. The third-order valence-electron chi connectivity index (χ3n) is 2.25. The van der Waals surface area contributed by atoms with Crippen LogP contribution in [0.2, 0.25) is 0 Å². The van der Waals surface area contributed by atoms with Crippen molar-refractivity contribution in [1.29, 1.82) is 0 Å².